The zero-order valence-electron chi connectivity index (χ0n) is 13.2. The van der Waals surface area contributed by atoms with Crippen molar-refractivity contribution in [1.29, 1.82) is 0 Å². The Bertz CT molecular complexity index is 719. The second kappa shape index (κ2) is 5.09. The van der Waals surface area contributed by atoms with Gasteiger partial charge in [0.1, 0.15) is 24.0 Å². The van der Waals surface area contributed by atoms with E-state index in [9.17, 15) is 0 Å². The van der Waals surface area contributed by atoms with Crippen LogP contribution in [0.2, 0.25) is 0 Å². The van der Waals surface area contributed by atoms with E-state index in [1.807, 2.05) is 12.1 Å². The van der Waals surface area contributed by atoms with E-state index in [-0.39, 0.29) is 18.0 Å². The molecule has 6 nitrogen and oxygen atoms in total. The molecule has 0 aromatic heterocycles. The van der Waals surface area contributed by atoms with Crippen LogP contribution in [0.5, 0.6) is 5.75 Å². The van der Waals surface area contributed by atoms with Crippen LogP contribution in [0, 0.1) is 5.92 Å². The summed E-state index contributed by atoms with van der Waals surface area (Å²) < 4.78 is 24.8. The zero-order chi connectivity index (χ0) is 16.4. The lowest BCUT2D eigenvalue weighted by atomic mass is 9.67. The molecule has 0 amide bonds. The fraction of sp³-hybridized carbons (Fsp3) is 0.588. The van der Waals surface area contributed by atoms with Crippen molar-refractivity contribution in [2.24, 2.45) is 16.6 Å². The van der Waals surface area contributed by atoms with Crippen molar-refractivity contribution in [3.63, 3.8) is 0 Å². The molecule has 3 aliphatic heterocycles. The van der Waals surface area contributed by atoms with Gasteiger partial charge in [0, 0.05) is 28.8 Å². The highest BCUT2D eigenvalue weighted by molar-refractivity contribution is 9.10. The average molecular weight is 395 g/mol. The smallest absolute Gasteiger partial charge is 0.283 e. The number of amidine groups is 1. The standard InChI is InChI=1S/C17H19BrN2O4/c18-10-1-2-13-12(7-10)17(9-21-15(19)20-17)11-3-4-16(8-14(11)24-13)22-5-6-23-16/h1-2,7,11,14H,3-6,8-9H2,(H2,19,20). The van der Waals surface area contributed by atoms with Crippen LogP contribution in [0.25, 0.3) is 0 Å². The molecule has 3 unspecified atom stereocenters. The molecule has 1 saturated carbocycles. The molecule has 4 aliphatic rings. The Kier molecular flexibility index (Phi) is 3.18. The zero-order valence-corrected chi connectivity index (χ0v) is 14.8. The molecular formula is C17H19BrN2O4. The van der Waals surface area contributed by atoms with Crippen LogP contribution in [0.3, 0.4) is 0 Å². The van der Waals surface area contributed by atoms with E-state index in [1.54, 1.807) is 0 Å². The van der Waals surface area contributed by atoms with Crippen LogP contribution in [-0.4, -0.2) is 37.7 Å². The summed E-state index contributed by atoms with van der Waals surface area (Å²) in [6.45, 7) is 1.77. The Morgan fingerprint density at radius 1 is 1.25 bits per heavy atom. The van der Waals surface area contributed by atoms with Gasteiger partial charge in [0.2, 0.25) is 0 Å². The number of halogens is 1. The number of nitrogens with zero attached hydrogens (tertiary/aromatic N) is 1. The van der Waals surface area contributed by atoms with Crippen molar-refractivity contribution in [1.82, 2.24) is 0 Å². The monoisotopic (exact) mass is 394 g/mol. The van der Waals surface area contributed by atoms with Gasteiger partial charge in [0.25, 0.3) is 6.02 Å². The second-order valence-electron chi connectivity index (χ2n) is 6.92. The number of hydrogen-bond acceptors (Lipinski definition) is 6. The van der Waals surface area contributed by atoms with E-state index in [0.717, 1.165) is 28.6 Å². The highest BCUT2D eigenvalue weighted by Gasteiger charge is 2.58. The second-order valence-corrected chi connectivity index (χ2v) is 7.83. The van der Waals surface area contributed by atoms with E-state index in [0.29, 0.717) is 26.2 Å². The summed E-state index contributed by atoms with van der Waals surface area (Å²) in [5.41, 5.74) is 6.46. The number of fused-ring (bicyclic) bond motifs is 4. The van der Waals surface area contributed by atoms with Crippen molar-refractivity contribution in [3.8, 4) is 5.75 Å². The number of nitrogens with two attached hydrogens (primary N) is 1. The van der Waals surface area contributed by atoms with Gasteiger partial charge in [-0.25, -0.2) is 4.99 Å². The third-order valence-corrected chi connectivity index (χ3v) is 6.15. The number of ether oxygens (including phenoxy) is 4. The molecule has 0 bridgehead atoms. The van der Waals surface area contributed by atoms with Gasteiger partial charge < -0.3 is 24.7 Å². The Balaban J connectivity index is 1.60. The first-order valence-electron chi connectivity index (χ1n) is 8.33. The van der Waals surface area contributed by atoms with E-state index in [1.165, 1.54) is 0 Å². The molecule has 5 rings (SSSR count). The van der Waals surface area contributed by atoms with Crippen molar-refractivity contribution in [2.75, 3.05) is 19.8 Å². The third kappa shape index (κ3) is 2.04. The largest absolute Gasteiger partial charge is 0.489 e. The van der Waals surface area contributed by atoms with E-state index in [2.05, 4.69) is 22.0 Å². The average Bonchev–Trinajstić information content (AvgIpc) is 3.17. The summed E-state index contributed by atoms with van der Waals surface area (Å²) in [5, 5.41) is 0. The molecular weight excluding hydrogens is 376 g/mol. The van der Waals surface area contributed by atoms with Crippen LogP contribution in [0.1, 0.15) is 24.8 Å². The fourth-order valence-electron chi connectivity index (χ4n) is 4.62. The molecule has 24 heavy (non-hydrogen) atoms. The minimum Gasteiger partial charge on any atom is -0.489 e. The molecule has 1 aromatic carbocycles. The molecule has 1 aliphatic carbocycles. The van der Waals surface area contributed by atoms with Crippen LogP contribution in [0.4, 0.5) is 0 Å². The molecule has 2 N–H and O–H groups in total. The van der Waals surface area contributed by atoms with Gasteiger partial charge in [-0.2, -0.15) is 0 Å². The lowest BCUT2D eigenvalue weighted by molar-refractivity contribution is -0.210. The molecule has 2 fully saturated rings. The Hall–Kier alpha value is -1.31. The minimum atomic E-state index is -0.496. The van der Waals surface area contributed by atoms with Gasteiger partial charge in [-0.3, -0.25) is 0 Å². The lowest BCUT2D eigenvalue weighted by Crippen LogP contribution is -2.55. The molecule has 7 heteroatoms. The van der Waals surface area contributed by atoms with E-state index >= 15 is 0 Å². The highest BCUT2D eigenvalue weighted by atomic mass is 79.9. The molecule has 0 radical (unpaired) electrons. The quantitative estimate of drug-likeness (QED) is 0.730. The normalized spacial score (nSPS) is 36.0. The summed E-state index contributed by atoms with van der Waals surface area (Å²) >= 11 is 3.56. The van der Waals surface area contributed by atoms with Gasteiger partial charge in [-0.15, -0.1) is 0 Å². The first-order valence-corrected chi connectivity index (χ1v) is 9.12. The maximum atomic E-state index is 6.35. The lowest BCUT2D eigenvalue weighted by Gasteiger charge is -2.49. The van der Waals surface area contributed by atoms with Crippen LogP contribution in [-0.2, 0) is 19.7 Å². The van der Waals surface area contributed by atoms with Gasteiger partial charge >= 0.3 is 0 Å². The molecule has 3 atom stereocenters. The fourth-order valence-corrected chi connectivity index (χ4v) is 4.98. The van der Waals surface area contributed by atoms with Gasteiger partial charge in [0.15, 0.2) is 5.79 Å². The Labute approximate surface area is 148 Å². The SMILES string of the molecule is NC1=NC2(CO1)c1cc(Br)ccc1OC1CC3(CCC12)OCCO3. The third-order valence-electron chi connectivity index (χ3n) is 5.66. The summed E-state index contributed by atoms with van der Waals surface area (Å²) in [6, 6.07) is 6.30. The first-order chi connectivity index (χ1) is 11.6. The Morgan fingerprint density at radius 3 is 2.83 bits per heavy atom. The minimum absolute atomic E-state index is 0.0243. The van der Waals surface area contributed by atoms with E-state index < -0.39 is 11.3 Å². The predicted octanol–water partition coefficient (Wildman–Crippen LogP) is 2.29. The molecule has 1 aromatic rings. The van der Waals surface area contributed by atoms with Crippen molar-refractivity contribution in [3.05, 3.63) is 28.2 Å². The number of hydrogen-bond donors (Lipinski definition) is 1. The molecule has 128 valence electrons. The highest BCUT2D eigenvalue weighted by Crippen LogP contribution is 2.55. The summed E-state index contributed by atoms with van der Waals surface area (Å²) in [4.78, 5) is 4.75. The van der Waals surface area contributed by atoms with Crippen molar-refractivity contribution in [2.45, 2.75) is 36.7 Å². The van der Waals surface area contributed by atoms with Crippen molar-refractivity contribution >= 4 is 22.0 Å². The predicted molar refractivity (Wildman–Crippen MR) is 89.8 cm³/mol. The van der Waals surface area contributed by atoms with Crippen LogP contribution in [0.15, 0.2) is 27.7 Å². The Morgan fingerprint density at radius 2 is 2.08 bits per heavy atom. The van der Waals surface area contributed by atoms with Gasteiger partial charge in [-0.1, -0.05) is 15.9 Å². The topological polar surface area (TPSA) is 75.3 Å². The van der Waals surface area contributed by atoms with Crippen LogP contribution >= 0.6 is 15.9 Å². The molecule has 3 heterocycles. The maximum Gasteiger partial charge on any atom is 0.283 e. The summed E-state index contributed by atoms with van der Waals surface area (Å²) in [7, 11) is 0. The molecule has 2 spiro atoms. The number of benzene rings is 1. The first kappa shape index (κ1) is 15.0. The van der Waals surface area contributed by atoms with Crippen LogP contribution < -0.4 is 10.5 Å². The van der Waals surface area contributed by atoms with E-state index in [4.69, 9.17) is 29.7 Å². The summed E-state index contributed by atoms with van der Waals surface area (Å²) in [5.74, 6) is 0.541. The maximum absolute atomic E-state index is 6.35. The number of rotatable bonds is 0. The van der Waals surface area contributed by atoms with Gasteiger partial charge in [0.05, 0.1) is 13.2 Å². The van der Waals surface area contributed by atoms with Gasteiger partial charge in [-0.05, 0) is 24.6 Å². The molecule has 1 saturated heterocycles. The summed E-state index contributed by atoms with van der Waals surface area (Å²) in [6.07, 6.45) is 2.43. The number of aliphatic imine (C=N–C) groups is 1. The van der Waals surface area contributed by atoms with Crippen molar-refractivity contribution < 1.29 is 18.9 Å².